The summed E-state index contributed by atoms with van der Waals surface area (Å²) in [6.45, 7) is 5.95. The van der Waals surface area contributed by atoms with Crippen LogP contribution in [0.3, 0.4) is 0 Å². The lowest BCUT2D eigenvalue weighted by molar-refractivity contribution is -0.142. The van der Waals surface area contributed by atoms with E-state index < -0.39 is 59.0 Å². The molecule has 292 valence electrons. The molecule has 15 nitrogen and oxygen atoms in total. The number of aromatic nitrogens is 2. The Bertz CT molecular complexity index is 1670. The molecule has 4 atom stereocenters. The Morgan fingerprint density at radius 3 is 2.30 bits per heavy atom. The molecule has 3 fully saturated rings. The van der Waals surface area contributed by atoms with Gasteiger partial charge in [0.25, 0.3) is 11.8 Å². The lowest BCUT2D eigenvalue weighted by Gasteiger charge is -2.44. The number of amides is 5. The summed E-state index contributed by atoms with van der Waals surface area (Å²) in [7, 11) is 1.54. The van der Waals surface area contributed by atoms with E-state index in [1.807, 2.05) is 31.7 Å². The van der Waals surface area contributed by atoms with E-state index in [1.165, 1.54) is 18.6 Å². The molecule has 1 aliphatic heterocycles. The number of hydrogen-bond donors (Lipinski definition) is 4. The number of methoxy groups -OCH3 is 1. The molecule has 1 aromatic heterocycles. The van der Waals surface area contributed by atoms with Crippen molar-refractivity contribution in [1.82, 2.24) is 30.8 Å². The molecule has 0 radical (unpaired) electrons. The van der Waals surface area contributed by atoms with Crippen LogP contribution in [-0.4, -0.2) is 101 Å². The van der Waals surface area contributed by atoms with Crippen LogP contribution in [-0.2, 0) is 24.0 Å². The van der Waals surface area contributed by atoms with Crippen LogP contribution in [0.4, 0.5) is 5.69 Å². The standard InChI is InChI=1S/C39H54N8O7/c1-39(2,3)33(45-37(52)31(25-12-6-5-7-13-25)44-35(50)29-22-41-16-17-42-29)38(53)46-18-19-47(26-14-9-15-27(21-26)54-4)30(23-46)36(51)43-28(32(48)34(40)49)20-24-10-8-11-24/h9,14-17,21-22,24-25,28,30-31,33H,5-8,10-13,18-20,23H2,1-4H3,(H2,40,49)(H,43,51)(H,44,50)(H,45,52)/t28?,30-,31+,33-/m1/s1. The monoisotopic (exact) mass is 746 g/mol. The zero-order chi connectivity index (χ0) is 39.0. The molecule has 1 saturated heterocycles. The highest BCUT2D eigenvalue weighted by Crippen LogP contribution is 2.32. The fraction of sp³-hybridized carbons (Fsp3) is 0.590. The maximum absolute atomic E-state index is 14.6. The Labute approximate surface area is 316 Å². The normalized spacial score (nSPS) is 19.7. The minimum atomic E-state index is -1.12. The van der Waals surface area contributed by atoms with Gasteiger partial charge in [0.15, 0.2) is 0 Å². The third-order valence-electron chi connectivity index (χ3n) is 10.9. The van der Waals surface area contributed by atoms with Gasteiger partial charge in [-0.25, -0.2) is 4.98 Å². The third kappa shape index (κ3) is 9.91. The number of nitrogens with one attached hydrogen (secondary N) is 3. The van der Waals surface area contributed by atoms with Crippen molar-refractivity contribution in [2.75, 3.05) is 31.6 Å². The van der Waals surface area contributed by atoms with Gasteiger partial charge in [-0.05, 0) is 48.6 Å². The summed E-state index contributed by atoms with van der Waals surface area (Å²) in [5, 5.41) is 8.69. The Kier molecular flexibility index (Phi) is 13.2. The van der Waals surface area contributed by atoms with E-state index in [1.54, 1.807) is 30.2 Å². The predicted octanol–water partition coefficient (Wildman–Crippen LogP) is 2.14. The van der Waals surface area contributed by atoms with E-state index in [9.17, 15) is 28.8 Å². The van der Waals surface area contributed by atoms with Crippen molar-refractivity contribution in [2.45, 2.75) is 103 Å². The smallest absolute Gasteiger partial charge is 0.287 e. The maximum atomic E-state index is 14.6. The Hall–Kier alpha value is -5.08. The maximum Gasteiger partial charge on any atom is 0.287 e. The number of nitrogens with zero attached hydrogens (tertiary/aromatic N) is 4. The highest BCUT2D eigenvalue weighted by Gasteiger charge is 2.43. The van der Waals surface area contributed by atoms with Crippen LogP contribution in [0, 0.1) is 17.3 Å². The molecule has 2 saturated carbocycles. The van der Waals surface area contributed by atoms with Gasteiger partial charge >= 0.3 is 0 Å². The number of hydrogen-bond acceptors (Lipinski definition) is 10. The largest absolute Gasteiger partial charge is 0.497 e. The number of anilines is 1. The van der Waals surface area contributed by atoms with Crippen LogP contribution >= 0.6 is 0 Å². The van der Waals surface area contributed by atoms with E-state index in [2.05, 4.69) is 25.9 Å². The number of rotatable bonds is 14. The van der Waals surface area contributed by atoms with Crippen molar-refractivity contribution in [3.8, 4) is 5.75 Å². The minimum absolute atomic E-state index is 0.0687. The second-order valence-electron chi connectivity index (χ2n) is 15.8. The quantitative estimate of drug-likeness (QED) is 0.207. The first kappa shape index (κ1) is 40.1. The molecule has 5 rings (SSSR count). The second-order valence-corrected chi connectivity index (χ2v) is 15.8. The molecule has 54 heavy (non-hydrogen) atoms. The summed E-state index contributed by atoms with van der Waals surface area (Å²) in [5.41, 5.74) is 5.39. The Balaban J connectivity index is 1.39. The number of benzene rings is 1. The number of Topliss-reactive ketones (excluding diaryl/α,β-unsaturated/α-hetero) is 1. The Morgan fingerprint density at radius 1 is 0.944 bits per heavy atom. The molecule has 2 heterocycles. The average molecular weight is 747 g/mol. The lowest BCUT2D eigenvalue weighted by atomic mass is 9.80. The van der Waals surface area contributed by atoms with E-state index >= 15 is 0 Å². The first-order valence-corrected chi connectivity index (χ1v) is 19.0. The molecule has 5 amide bonds. The molecule has 0 spiro atoms. The first-order chi connectivity index (χ1) is 25.8. The number of carbonyl (C=O) groups excluding carboxylic acids is 6. The van der Waals surface area contributed by atoms with Crippen LogP contribution in [0.25, 0.3) is 0 Å². The topological polar surface area (TPSA) is 206 Å². The van der Waals surface area contributed by atoms with E-state index in [0.29, 0.717) is 17.9 Å². The van der Waals surface area contributed by atoms with Gasteiger partial charge in [0.2, 0.25) is 23.5 Å². The first-order valence-electron chi connectivity index (χ1n) is 19.0. The second kappa shape index (κ2) is 17.8. The third-order valence-corrected chi connectivity index (χ3v) is 10.9. The average Bonchev–Trinajstić information content (AvgIpc) is 3.15. The highest BCUT2D eigenvalue weighted by atomic mass is 16.5. The molecule has 2 aliphatic carbocycles. The van der Waals surface area contributed by atoms with Gasteiger partial charge in [0.05, 0.1) is 25.9 Å². The molecule has 2 aromatic rings. The summed E-state index contributed by atoms with van der Waals surface area (Å²) < 4.78 is 5.44. The molecule has 1 unspecified atom stereocenters. The summed E-state index contributed by atoms with van der Waals surface area (Å²) in [4.78, 5) is 92.6. The lowest BCUT2D eigenvalue weighted by Crippen LogP contribution is -2.66. The number of primary amides is 1. The minimum Gasteiger partial charge on any atom is -0.497 e. The summed E-state index contributed by atoms with van der Waals surface area (Å²) in [5.74, 6) is -3.26. The SMILES string of the molecule is COc1cccc(N2CCN(C(=O)[C@@H](NC(=O)[C@@H](NC(=O)c3cnccn3)C3CCCCC3)C(C)(C)C)C[C@@H]2C(=O)NC(CC2CCC2)C(=O)C(N)=O)c1. The predicted molar refractivity (Wildman–Crippen MR) is 200 cm³/mol. The summed E-state index contributed by atoms with van der Waals surface area (Å²) in [6.07, 6.45) is 11.7. The fourth-order valence-electron chi connectivity index (χ4n) is 7.60. The summed E-state index contributed by atoms with van der Waals surface area (Å²) in [6, 6.07) is 3.23. The van der Waals surface area contributed by atoms with Crippen LogP contribution in [0.1, 0.15) is 89.0 Å². The summed E-state index contributed by atoms with van der Waals surface area (Å²) >= 11 is 0. The van der Waals surface area contributed by atoms with Gasteiger partial charge in [-0.1, -0.05) is 65.4 Å². The van der Waals surface area contributed by atoms with Gasteiger partial charge < -0.3 is 36.2 Å². The van der Waals surface area contributed by atoms with E-state index in [4.69, 9.17) is 10.5 Å². The van der Waals surface area contributed by atoms with Crippen molar-refractivity contribution in [3.63, 3.8) is 0 Å². The molecule has 5 N–H and O–H groups in total. The van der Waals surface area contributed by atoms with E-state index in [0.717, 1.165) is 51.4 Å². The zero-order valence-corrected chi connectivity index (χ0v) is 31.7. The number of ketones is 1. The molecule has 1 aromatic carbocycles. The van der Waals surface area contributed by atoms with Gasteiger partial charge in [-0.15, -0.1) is 0 Å². The Morgan fingerprint density at radius 2 is 1.69 bits per heavy atom. The van der Waals surface area contributed by atoms with Crippen LogP contribution < -0.4 is 31.3 Å². The zero-order valence-electron chi connectivity index (χ0n) is 31.7. The van der Waals surface area contributed by atoms with Crippen LogP contribution in [0.2, 0.25) is 0 Å². The number of carbonyl (C=O) groups is 6. The highest BCUT2D eigenvalue weighted by molar-refractivity contribution is 6.37. The van der Waals surface area contributed by atoms with Gasteiger partial charge in [-0.3, -0.25) is 33.8 Å². The molecule has 0 bridgehead atoms. The number of nitrogens with two attached hydrogens (primary N) is 1. The molecule has 3 aliphatic rings. The molecular weight excluding hydrogens is 692 g/mol. The fourth-order valence-corrected chi connectivity index (χ4v) is 7.60. The van der Waals surface area contributed by atoms with Crippen molar-refractivity contribution in [2.24, 2.45) is 23.0 Å². The van der Waals surface area contributed by atoms with E-state index in [-0.39, 0.29) is 43.1 Å². The van der Waals surface area contributed by atoms with Crippen molar-refractivity contribution < 1.29 is 33.5 Å². The molecular formula is C39H54N8O7. The number of piperazine rings is 1. The van der Waals surface area contributed by atoms with Crippen molar-refractivity contribution in [3.05, 3.63) is 48.5 Å². The number of ether oxygens (including phenoxy) is 1. The van der Waals surface area contributed by atoms with Crippen molar-refractivity contribution in [1.29, 1.82) is 0 Å². The van der Waals surface area contributed by atoms with Gasteiger partial charge in [0.1, 0.15) is 29.6 Å². The molecule has 15 heteroatoms. The van der Waals surface area contributed by atoms with Gasteiger partial charge in [-0.2, -0.15) is 0 Å². The van der Waals surface area contributed by atoms with Crippen LogP contribution in [0.15, 0.2) is 42.9 Å². The van der Waals surface area contributed by atoms with Crippen molar-refractivity contribution >= 4 is 41.0 Å². The van der Waals surface area contributed by atoms with Crippen LogP contribution in [0.5, 0.6) is 5.75 Å². The van der Waals surface area contributed by atoms with Gasteiger partial charge in [0, 0.05) is 37.2 Å².